The molecule has 0 bridgehead atoms. The number of amides is 1. The van der Waals surface area contributed by atoms with Gasteiger partial charge in [-0.15, -0.1) is 0 Å². The summed E-state index contributed by atoms with van der Waals surface area (Å²) in [6, 6.07) is 2.39. The molecule has 8 heteroatoms. The van der Waals surface area contributed by atoms with Crippen molar-refractivity contribution >= 4 is 15.9 Å². The van der Waals surface area contributed by atoms with Crippen molar-refractivity contribution in [3.05, 3.63) is 17.9 Å². The first-order valence-electron chi connectivity index (χ1n) is 6.34. The predicted molar refractivity (Wildman–Crippen MR) is 74.7 cm³/mol. The lowest BCUT2D eigenvalue weighted by Gasteiger charge is -2.17. The molecule has 0 aliphatic heterocycles. The zero-order valence-electron chi connectivity index (χ0n) is 11.8. The van der Waals surface area contributed by atoms with Gasteiger partial charge in [-0.3, -0.25) is 4.79 Å². The molecule has 20 heavy (non-hydrogen) atoms. The van der Waals surface area contributed by atoms with Crippen molar-refractivity contribution in [2.24, 2.45) is 11.7 Å². The number of nitrogens with two attached hydrogens (primary N) is 1. The van der Waals surface area contributed by atoms with E-state index in [1.807, 2.05) is 13.8 Å². The molecule has 1 aromatic rings. The van der Waals surface area contributed by atoms with Crippen molar-refractivity contribution < 1.29 is 17.6 Å². The Balaban J connectivity index is 2.78. The molecular weight excluding hydrogens is 282 g/mol. The second kappa shape index (κ2) is 6.87. The summed E-state index contributed by atoms with van der Waals surface area (Å²) in [6.45, 7) is 4.37. The van der Waals surface area contributed by atoms with Crippen LogP contribution < -0.4 is 15.8 Å². The Bertz CT molecular complexity index is 551. The van der Waals surface area contributed by atoms with E-state index < -0.39 is 15.9 Å². The van der Waals surface area contributed by atoms with Gasteiger partial charge in [0.2, 0.25) is 5.09 Å². The van der Waals surface area contributed by atoms with Crippen molar-refractivity contribution in [3.8, 4) is 0 Å². The maximum atomic E-state index is 11.9. The van der Waals surface area contributed by atoms with Gasteiger partial charge in [0.1, 0.15) is 0 Å². The molecular formula is C12H21N3O4S. The number of hydrogen-bond acceptors (Lipinski definition) is 5. The predicted octanol–water partition coefficient (Wildman–Crippen LogP) is 0.291. The Kier molecular flexibility index (Phi) is 5.73. The van der Waals surface area contributed by atoms with E-state index in [1.54, 1.807) is 0 Å². The van der Waals surface area contributed by atoms with Gasteiger partial charge in [0, 0.05) is 12.6 Å². The number of rotatable bonds is 7. The fraction of sp³-hybridized carbons (Fsp3) is 0.583. The highest BCUT2D eigenvalue weighted by Crippen LogP contribution is 2.14. The summed E-state index contributed by atoms with van der Waals surface area (Å²) in [6.07, 6.45) is 0.741. The summed E-state index contributed by atoms with van der Waals surface area (Å²) < 4.78 is 30.2. The standard InChI is InChI=1S/C12H21N3O4S/c1-8(2)6-9(7-13)15-12(16)10-4-5-11(19-10)20(17,18)14-3/h4-5,8-9,14H,6-7,13H2,1-3H3,(H,15,16). The zero-order chi connectivity index (χ0) is 15.3. The van der Waals surface area contributed by atoms with Gasteiger partial charge in [-0.05, 0) is 31.5 Å². The second-order valence-electron chi connectivity index (χ2n) is 4.86. The normalized spacial score (nSPS) is 13.4. The molecule has 1 amide bonds. The van der Waals surface area contributed by atoms with Crippen molar-refractivity contribution in [2.75, 3.05) is 13.6 Å². The first-order valence-corrected chi connectivity index (χ1v) is 7.82. The molecule has 1 unspecified atom stereocenters. The lowest BCUT2D eigenvalue weighted by atomic mass is 10.0. The van der Waals surface area contributed by atoms with Gasteiger partial charge < -0.3 is 15.5 Å². The minimum atomic E-state index is -3.69. The van der Waals surface area contributed by atoms with E-state index in [0.717, 1.165) is 6.42 Å². The minimum Gasteiger partial charge on any atom is -0.438 e. The van der Waals surface area contributed by atoms with Gasteiger partial charge in [-0.1, -0.05) is 13.8 Å². The molecule has 7 nitrogen and oxygen atoms in total. The average molecular weight is 303 g/mol. The maximum absolute atomic E-state index is 11.9. The Morgan fingerprint density at radius 1 is 1.40 bits per heavy atom. The molecule has 0 radical (unpaired) electrons. The van der Waals surface area contributed by atoms with Crippen LogP contribution in [-0.4, -0.2) is 34.0 Å². The van der Waals surface area contributed by atoms with E-state index in [2.05, 4.69) is 10.0 Å². The average Bonchev–Trinajstić information content (AvgIpc) is 2.87. The summed E-state index contributed by atoms with van der Waals surface area (Å²) in [7, 11) is -2.42. The number of carbonyl (C=O) groups excluding carboxylic acids is 1. The van der Waals surface area contributed by atoms with Crippen LogP contribution in [0, 0.1) is 5.92 Å². The largest absolute Gasteiger partial charge is 0.438 e. The topological polar surface area (TPSA) is 114 Å². The molecule has 1 aromatic heterocycles. The molecule has 1 atom stereocenters. The summed E-state index contributed by atoms with van der Waals surface area (Å²) in [5.74, 6) is -0.139. The summed E-state index contributed by atoms with van der Waals surface area (Å²) >= 11 is 0. The second-order valence-corrected chi connectivity index (χ2v) is 6.68. The van der Waals surface area contributed by atoms with E-state index in [9.17, 15) is 13.2 Å². The zero-order valence-corrected chi connectivity index (χ0v) is 12.7. The third-order valence-electron chi connectivity index (χ3n) is 2.71. The van der Waals surface area contributed by atoms with E-state index in [-0.39, 0.29) is 16.9 Å². The van der Waals surface area contributed by atoms with Crippen LogP contribution in [0.2, 0.25) is 0 Å². The Labute approximate surface area is 119 Å². The van der Waals surface area contributed by atoms with Crippen LogP contribution in [0.4, 0.5) is 0 Å². The number of sulfonamides is 1. The van der Waals surface area contributed by atoms with E-state index in [0.29, 0.717) is 12.5 Å². The van der Waals surface area contributed by atoms with Crippen LogP contribution >= 0.6 is 0 Å². The van der Waals surface area contributed by atoms with Crippen LogP contribution in [0.15, 0.2) is 21.6 Å². The Morgan fingerprint density at radius 3 is 2.55 bits per heavy atom. The highest BCUT2D eigenvalue weighted by atomic mass is 32.2. The fourth-order valence-electron chi connectivity index (χ4n) is 1.73. The molecule has 0 aliphatic rings. The Hall–Kier alpha value is -1.38. The van der Waals surface area contributed by atoms with E-state index in [1.165, 1.54) is 19.2 Å². The van der Waals surface area contributed by atoms with Gasteiger partial charge in [-0.2, -0.15) is 0 Å². The maximum Gasteiger partial charge on any atom is 0.287 e. The van der Waals surface area contributed by atoms with Crippen molar-refractivity contribution in [1.82, 2.24) is 10.0 Å². The smallest absolute Gasteiger partial charge is 0.287 e. The Morgan fingerprint density at radius 2 is 2.05 bits per heavy atom. The SMILES string of the molecule is CNS(=O)(=O)c1ccc(C(=O)NC(CN)CC(C)C)o1. The summed E-state index contributed by atoms with van der Waals surface area (Å²) in [4.78, 5) is 11.9. The molecule has 0 spiro atoms. The molecule has 0 aromatic carbocycles. The molecule has 1 rings (SSSR count). The van der Waals surface area contributed by atoms with Crippen LogP contribution in [-0.2, 0) is 10.0 Å². The molecule has 0 saturated carbocycles. The van der Waals surface area contributed by atoms with Crippen LogP contribution in [0.3, 0.4) is 0 Å². The molecule has 0 saturated heterocycles. The summed E-state index contributed by atoms with van der Waals surface area (Å²) in [5, 5.41) is 2.43. The quantitative estimate of drug-likeness (QED) is 0.670. The van der Waals surface area contributed by atoms with Gasteiger partial charge in [0.05, 0.1) is 0 Å². The number of furan rings is 1. The lowest BCUT2D eigenvalue weighted by molar-refractivity contribution is 0.0900. The molecule has 4 N–H and O–H groups in total. The minimum absolute atomic E-state index is 0.0546. The van der Waals surface area contributed by atoms with Gasteiger partial charge in [-0.25, -0.2) is 13.1 Å². The van der Waals surface area contributed by atoms with Crippen molar-refractivity contribution in [1.29, 1.82) is 0 Å². The van der Waals surface area contributed by atoms with E-state index >= 15 is 0 Å². The fourth-order valence-corrected chi connectivity index (χ4v) is 2.37. The summed E-state index contributed by atoms with van der Waals surface area (Å²) in [5.41, 5.74) is 5.59. The van der Waals surface area contributed by atoms with Gasteiger partial charge >= 0.3 is 0 Å². The first-order chi connectivity index (χ1) is 9.30. The highest BCUT2D eigenvalue weighted by molar-refractivity contribution is 7.89. The number of hydrogen-bond donors (Lipinski definition) is 3. The van der Waals surface area contributed by atoms with Crippen LogP contribution in [0.25, 0.3) is 0 Å². The molecule has 0 fully saturated rings. The molecule has 1 heterocycles. The van der Waals surface area contributed by atoms with E-state index in [4.69, 9.17) is 10.2 Å². The van der Waals surface area contributed by atoms with Gasteiger partial charge in [0.15, 0.2) is 5.76 Å². The van der Waals surface area contributed by atoms with Gasteiger partial charge in [0.25, 0.3) is 15.9 Å². The molecule has 0 aliphatic carbocycles. The number of nitrogens with one attached hydrogen (secondary N) is 2. The van der Waals surface area contributed by atoms with Crippen LogP contribution in [0.5, 0.6) is 0 Å². The van der Waals surface area contributed by atoms with Crippen molar-refractivity contribution in [3.63, 3.8) is 0 Å². The van der Waals surface area contributed by atoms with Crippen LogP contribution in [0.1, 0.15) is 30.8 Å². The molecule has 114 valence electrons. The van der Waals surface area contributed by atoms with Crippen molar-refractivity contribution in [2.45, 2.75) is 31.4 Å². The third kappa shape index (κ3) is 4.32. The first kappa shape index (κ1) is 16.7. The number of carbonyl (C=O) groups is 1. The highest BCUT2D eigenvalue weighted by Gasteiger charge is 2.21. The monoisotopic (exact) mass is 303 g/mol. The third-order valence-corrected chi connectivity index (χ3v) is 4.00. The lowest BCUT2D eigenvalue weighted by Crippen LogP contribution is -2.40.